The molecular formula is C15H7F5N2O7S. The summed E-state index contributed by atoms with van der Waals surface area (Å²) in [5.41, 5.74) is -2.80. The van der Waals surface area contributed by atoms with Crippen molar-refractivity contribution >= 4 is 21.6 Å². The molecule has 0 aliphatic carbocycles. The van der Waals surface area contributed by atoms with E-state index in [0.29, 0.717) is 12.1 Å². The number of rotatable bonds is 6. The van der Waals surface area contributed by atoms with Gasteiger partial charge in [-0.15, -0.1) is 0 Å². The minimum absolute atomic E-state index is 0.365. The van der Waals surface area contributed by atoms with Crippen LogP contribution in [0.2, 0.25) is 0 Å². The van der Waals surface area contributed by atoms with Crippen LogP contribution in [0.4, 0.5) is 27.6 Å². The van der Waals surface area contributed by atoms with Crippen LogP contribution >= 0.6 is 0 Å². The quantitative estimate of drug-likeness (QED) is 0.215. The minimum Gasteiger partial charge on any atom is -0.490 e. The number of hydrogen-bond acceptors (Lipinski definition) is 7. The summed E-state index contributed by atoms with van der Waals surface area (Å²) < 4.78 is 97.0. The van der Waals surface area contributed by atoms with Crippen molar-refractivity contribution in [3.8, 4) is 5.75 Å². The van der Waals surface area contributed by atoms with Crippen LogP contribution in [-0.4, -0.2) is 25.4 Å². The average Bonchev–Trinajstić information content (AvgIpc) is 2.69. The molecule has 0 radical (unpaired) electrons. The first-order valence-corrected chi connectivity index (χ1v) is 8.77. The number of methoxy groups -OCH3 is 1. The third-order valence-electron chi connectivity index (χ3n) is 3.62. The molecule has 0 heterocycles. The molecule has 0 amide bonds. The maximum Gasteiger partial charge on any atom is 0.364 e. The van der Waals surface area contributed by atoms with Crippen LogP contribution in [0.1, 0.15) is 5.56 Å². The lowest BCUT2D eigenvalue weighted by atomic mass is 10.1. The summed E-state index contributed by atoms with van der Waals surface area (Å²) in [6.07, 6.45) is -0.373. The second-order valence-corrected chi connectivity index (χ2v) is 7.21. The van der Waals surface area contributed by atoms with Gasteiger partial charge in [0.1, 0.15) is 0 Å². The first-order valence-electron chi connectivity index (χ1n) is 7.29. The van der Waals surface area contributed by atoms with Gasteiger partial charge in [0.15, 0.2) is 29.0 Å². The summed E-state index contributed by atoms with van der Waals surface area (Å²) in [4.78, 5) is 18.4. The van der Waals surface area contributed by atoms with Crippen molar-refractivity contribution in [3.05, 3.63) is 78.1 Å². The van der Waals surface area contributed by atoms with Gasteiger partial charge in [-0.05, 0) is 12.1 Å². The van der Waals surface area contributed by atoms with Crippen LogP contribution in [0.25, 0.3) is 6.08 Å². The van der Waals surface area contributed by atoms with Crippen molar-refractivity contribution in [2.24, 2.45) is 0 Å². The van der Waals surface area contributed by atoms with Gasteiger partial charge in [0.2, 0.25) is 5.82 Å². The van der Waals surface area contributed by atoms with Gasteiger partial charge in [-0.1, -0.05) is 0 Å². The first-order chi connectivity index (χ1) is 13.8. The van der Waals surface area contributed by atoms with Gasteiger partial charge < -0.3 is 4.74 Å². The lowest BCUT2D eigenvalue weighted by Gasteiger charge is -2.07. The van der Waals surface area contributed by atoms with Gasteiger partial charge in [0.25, 0.3) is 9.84 Å². The fourth-order valence-corrected chi connectivity index (χ4v) is 3.43. The number of benzene rings is 2. The Labute approximate surface area is 163 Å². The minimum atomic E-state index is -5.32. The molecule has 0 saturated heterocycles. The summed E-state index contributed by atoms with van der Waals surface area (Å²) in [7, 11) is -4.30. The first kappa shape index (κ1) is 22.7. The topological polar surface area (TPSA) is 130 Å². The third kappa shape index (κ3) is 3.78. The Hall–Kier alpha value is -3.62. The Morgan fingerprint density at radius 3 is 1.90 bits per heavy atom. The molecule has 2 rings (SSSR count). The van der Waals surface area contributed by atoms with Crippen LogP contribution < -0.4 is 4.74 Å². The fraction of sp³-hybridized carbons (Fsp3) is 0.0667. The van der Waals surface area contributed by atoms with E-state index in [4.69, 9.17) is 0 Å². The summed E-state index contributed by atoms with van der Waals surface area (Å²) >= 11 is 0. The molecule has 0 atom stereocenters. The van der Waals surface area contributed by atoms with Crippen LogP contribution in [0, 0.1) is 49.3 Å². The number of halogens is 5. The van der Waals surface area contributed by atoms with Crippen molar-refractivity contribution in [1.82, 2.24) is 0 Å². The lowest BCUT2D eigenvalue weighted by Crippen LogP contribution is -2.14. The Morgan fingerprint density at radius 2 is 1.47 bits per heavy atom. The van der Waals surface area contributed by atoms with E-state index in [-0.39, 0.29) is 6.08 Å². The predicted molar refractivity (Wildman–Crippen MR) is 88.0 cm³/mol. The highest BCUT2D eigenvalue weighted by Crippen LogP contribution is 2.33. The zero-order valence-electron chi connectivity index (χ0n) is 14.4. The molecule has 0 N–H and O–H groups in total. The van der Waals surface area contributed by atoms with Gasteiger partial charge in [0.05, 0.1) is 27.4 Å². The van der Waals surface area contributed by atoms with E-state index in [9.17, 15) is 50.6 Å². The Kier molecular flexibility index (Phi) is 6.06. The van der Waals surface area contributed by atoms with E-state index >= 15 is 0 Å². The Balaban J connectivity index is 2.81. The van der Waals surface area contributed by atoms with Crippen LogP contribution in [0.3, 0.4) is 0 Å². The molecule has 0 fully saturated rings. The average molecular weight is 454 g/mol. The van der Waals surface area contributed by atoms with E-state index in [1.807, 2.05) is 0 Å². The molecule has 0 aromatic heterocycles. The lowest BCUT2D eigenvalue weighted by molar-refractivity contribution is -0.410. The SMILES string of the molecule is COc1ccc(S(=O)(=O)/C(=C\c2c(F)c(F)c(F)c(F)c2F)[N+](=O)[O-])cc1[N+](=O)[O-]. The summed E-state index contributed by atoms with van der Waals surface area (Å²) in [5, 5.41) is 20.2. The number of nitro groups is 2. The highest BCUT2D eigenvalue weighted by atomic mass is 32.2. The van der Waals surface area contributed by atoms with Gasteiger partial charge in [-0.25, -0.2) is 30.4 Å². The standard InChI is InChI=1S/C15H7F5N2O7S/c1-29-9-3-2-6(4-8(9)21(23)24)30(27,28)10(22(25)26)5-7-11(16)13(18)15(20)14(19)12(7)17/h2-5H,1H3/b10-5-. The highest BCUT2D eigenvalue weighted by molar-refractivity contribution is 7.95. The third-order valence-corrected chi connectivity index (χ3v) is 5.32. The van der Waals surface area contributed by atoms with Gasteiger partial charge in [-0.2, -0.15) is 0 Å². The summed E-state index contributed by atoms with van der Waals surface area (Å²) in [6, 6.07) is 1.79. The number of sulfone groups is 1. The Morgan fingerprint density at radius 1 is 0.967 bits per heavy atom. The molecule has 0 saturated carbocycles. The normalized spacial score (nSPS) is 12.0. The van der Waals surface area contributed by atoms with E-state index in [1.165, 1.54) is 0 Å². The van der Waals surface area contributed by atoms with Crippen molar-refractivity contribution in [2.75, 3.05) is 7.11 Å². The van der Waals surface area contributed by atoms with Crippen LogP contribution in [-0.2, 0) is 9.84 Å². The van der Waals surface area contributed by atoms with Crippen LogP contribution in [0.15, 0.2) is 28.1 Å². The number of nitrogens with zero attached hydrogens (tertiary/aromatic N) is 2. The van der Waals surface area contributed by atoms with Crippen molar-refractivity contribution in [1.29, 1.82) is 0 Å². The molecule has 0 aliphatic rings. The van der Waals surface area contributed by atoms with E-state index in [2.05, 4.69) is 4.74 Å². The maximum absolute atomic E-state index is 13.8. The van der Waals surface area contributed by atoms with Crippen molar-refractivity contribution in [3.63, 3.8) is 0 Å². The number of nitro benzene ring substituents is 1. The number of hydrogen-bond donors (Lipinski definition) is 0. The molecule has 15 heteroatoms. The molecule has 2 aromatic carbocycles. The predicted octanol–water partition coefficient (Wildman–Crippen LogP) is 3.35. The monoisotopic (exact) mass is 454 g/mol. The fourth-order valence-electron chi connectivity index (χ4n) is 2.20. The van der Waals surface area contributed by atoms with E-state index < -0.39 is 75.7 Å². The van der Waals surface area contributed by atoms with Gasteiger partial charge >= 0.3 is 10.7 Å². The van der Waals surface area contributed by atoms with Crippen molar-refractivity contribution in [2.45, 2.75) is 4.90 Å². The van der Waals surface area contributed by atoms with Gasteiger partial charge in [0, 0.05) is 12.1 Å². The smallest absolute Gasteiger partial charge is 0.364 e. The maximum atomic E-state index is 13.8. The Bertz CT molecular complexity index is 1190. The molecule has 0 bridgehead atoms. The largest absolute Gasteiger partial charge is 0.490 e. The highest BCUT2D eigenvalue weighted by Gasteiger charge is 2.36. The molecule has 30 heavy (non-hydrogen) atoms. The summed E-state index contributed by atoms with van der Waals surface area (Å²) in [5.74, 6) is -12.9. The molecular weight excluding hydrogens is 447 g/mol. The van der Waals surface area contributed by atoms with E-state index in [0.717, 1.165) is 13.2 Å². The zero-order valence-corrected chi connectivity index (χ0v) is 15.2. The van der Waals surface area contributed by atoms with Crippen LogP contribution in [0.5, 0.6) is 5.75 Å². The molecule has 160 valence electrons. The second kappa shape index (κ2) is 8.02. The second-order valence-electron chi connectivity index (χ2n) is 5.32. The molecule has 0 spiro atoms. The van der Waals surface area contributed by atoms with Crippen molar-refractivity contribution < 1.29 is 45.0 Å². The number of ether oxygens (including phenoxy) is 1. The van der Waals surface area contributed by atoms with Gasteiger partial charge in [-0.3, -0.25) is 20.2 Å². The molecule has 9 nitrogen and oxygen atoms in total. The molecule has 0 unspecified atom stereocenters. The summed E-state index contributed by atoms with van der Waals surface area (Å²) in [6.45, 7) is 0. The molecule has 2 aromatic rings. The zero-order chi connectivity index (χ0) is 23.0. The van der Waals surface area contributed by atoms with E-state index in [1.54, 1.807) is 0 Å². The molecule has 0 aliphatic heterocycles.